The highest BCUT2D eigenvalue weighted by atomic mass is 16.2. The molecule has 3 N–H and O–H groups in total. The molecule has 0 aromatic heterocycles. The van der Waals surface area contributed by atoms with Gasteiger partial charge in [-0.3, -0.25) is 0 Å². The van der Waals surface area contributed by atoms with Crippen LogP contribution < -0.4 is 16.0 Å². The summed E-state index contributed by atoms with van der Waals surface area (Å²) in [6, 6.07) is 0.0415. The van der Waals surface area contributed by atoms with E-state index in [0.717, 1.165) is 30.8 Å². The average Bonchev–Trinajstić information content (AvgIpc) is 2.32. The third-order valence-corrected chi connectivity index (χ3v) is 5.25. The fourth-order valence-electron chi connectivity index (χ4n) is 4.99. The number of carbonyl (C=O) groups is 1. The van der Waals surface area contributed by atoms with Crippen LogP contribution >= 0.6 is 0 Å². The first-order valence-corrected chi connectivity index (χ1v) is 7.96. The molecule has 0 spiro atoms. The molecule has 0 atom stereocenters. The number of amides is 2. The zero-order valence-electron chi connectivity index (χ0n) is 12.0. The molecule has 4 heteroatoms. The van der Waals surface area contributed by atoms with E-state index in [0.29, 0.717) is 6.54 Å². The molecule has 4 saturated carbocycles. The van der Waals surface area contributed by atoms with E-state index in [4.69, 9.17) is 0 Å². The van der Waals surface area contributed by atoms with Crippen LogP contribution in [0.2, 0.25) is 0 Å². The quantitative estimate of drug-likeness (QED) is 0.665. The van der Waals surface area contributed by atoms with Gasteiger partial charge in [0, 0.05) is 18.6 Å². The van der Waals surface area contributed by atoms with Gasteiger partial charge >= 0.3 is 6.03 Å². The molecule has 19 heavy (non-hydrogen) atoms. The lowest BCUT2D eigenvalue weighted by Gasteiger charge is -2.56. The third-order valence-electron chi connectivity index (χ3n) is 5.25. The molecular formula is C15H27N3O. The van der Waals surface area contributed by atoms with Gasteiger partial charge in [0.25, 0.3) is 0 Å². The van der Waals surface area contributed by atoms with Crippen LogP contribution in [0.3, 0.4) is 0 Å². The minimum atomic E-state index is 0.0415. The number of rotatable bonds is 5. The Bertz CT molecular complexity index is 307. The maximum absolute atomic E-state index is 12.0. The second kappa shape index (κ2) is 5.31. The van der Waals surface area contributed by atoms with Gasteiger partial charge in [0.2, 0.25) is 0 Å². The van der Waals surface area contributed by atoms with Gasteiger partial charge in [-0.2, -0.15) is 0 Å². The van der Waals surface area contributed by atoms with E-state index in [1.807, 2.05) is 0 Å². The van der Waals surface area contributed by atoms with Gasteiger partial charge in [0.05, 0.1) is 0 Å². The maximum Gasteiger partial charge on any atom is 0.315 e. The zero-order chi connectivity index (χ0) is 13.3. The van der Waals surface area contributed by atoms with Crippen molar-refractivity contribution in [3.05, 3.63) is 0 Å². The number of likely N-dealkylation sites (N-methyl/N-ethyl adjacent to an activating group) is 1. The van der Waals surface area contributed by atoms with Gasteiger partial charge in [0.15, 0.2) is 0 Å². The Kier molecular flexibility index (Phi) is 3.70. The van der Waals surface area contributed by atoms with Crippen molar-refractivity contribution in [1.29, 1.82) is 0 Å². The van der Waals surface area contributed by atoms with Crippen molar-refractivity contribution in [2.45, 2.75) is 51.0 Å². The van der Waals surface area contributed by atoms with Crippen molar-refractivity contribution >= 4 is 6.03 Å². The second-order valence-corrected chi connectivity index (χ2v) is 6.93. The van der Waals surface area contributed by atoms with E-state index in [1.54, 1.807) is 0 Å². The van der Waals surface area contributed by atoms with Crippen molar-refractivity contribution < 1.29 is 4.79 Å². The Balaban J connectivity index is 1.50. The number of urea groups is 1. The van der Waals surface area contributed by atoms with Crippen molar-refractivity contribution in [3.8, 4) is 0 Å². The molecule has 4 nitrogen and oxygen atoms in total. The second-order valence-electron chi connectivity index (χ2n) is 6.93. The lowest BCUT2D eigenvalue weighted by atomic mass is 9.53. The molecule has 108 valence electrons. The summed E-state index contributed by atoms with van der Waals surface area (Å²) < 4.78 is 0. The van der Waals surface area contributed by atoms with Gasteiger partial charge < -0.3 is 16.0 Å². The van der Waals surface area contributed by atoms with Crippen LogP contribution in [0, 0.1) is 17.8 Å². The lowest BCUT2D eigenvalue weighted by Crippen LogP contribution is -2.61. The highest BCUT2D eigenvalue weighted by molar-refractivity contribution is 5.74. The Morgan fingerprint density at radius 3 is 2.16 bits per heavy atom. The molecule has 4 aliphatic rings. The van der Waals surface area contributed by atoms with Crippen LogP contribution in [0.4, 0.5) is 4.79 Å². The van der Waals surface area contributed by atoms with Crippen LogP contribution in [-0.2, 0) is 0 Å². The summed E-state index contributed by atoms with van der Waals surface area (Å²) in [6.45, 7) is 4.60. The molecule has 2 amide bonds. The fraction of sp³-hybridized carbons (Fsp3) is 0.933. The van der Waals surface area contributed by atoms with Crippen molar-refractivity contribution in [3.63, 3.8) is 0 Å². The molecule has 4 aliphatic carbocycles. The number of hydrogen-bond donors (Lipinski definition) is 3. The van der Waals surface area contributed by atoms with Crippen molar-refractivity contribution in [2.75, 3.05) is 19.6 Å². The Morgan fingerprint density at radius 1 is 1.05 bits per heavy atom. The smallest absolute Gasteiger partial charge is 0.315 e. The molecule has 0 radical (unpaired) electrons. The molecular weight excluding hydrogens is 238 g/mol. The first kappa shape index (κ1) is 13.2. The van der Waals surface area contributed by atoms with Crippen LogP contribution in [0.25, 0.3) is 0 Å². The molecule has 4 fully saturated rings. The molecule has 4 bridgehead atoms. The number of nitrogens with one attached hydrogen (secondary N) is 3. The Morgan fingerprint density at radius 2 is 1.63 bits per heavy atom. The van der Waals surface area contributed by atoms with E-state index < -0.39 is 0 Å². The van der Waals surface area contributed by atoms with Gasteiger partial charge in [0.1, 0.15) is 0 Å². The highest BCUT2D eigenvalue weighted by Crippen LogP contribution is 2.55. The highest BCUT2D eigenvalue weighted by Gasteiger charge is 2.51. The first-order chi connectivity index (χ1) is 9.19. The van der Waals surface area contributed by atoms with Gasteiger partial charge in [-0.1, -0.05) is 6.92 Å². The number of hydrogen-bond acceptors (Lipinski definition) is 2. The van der Waals surface area contributed by atoms with E-state index in [1.165, 1.54) is 38.5 Å². The van der Waals surface area contributed by atoms with E-state index in [-0.39, 0.29) is 11.6 Å². The van der Waals surface area contributed by atoms with Crippen molar-refractivity contribution in [2.24, 2.45) is 17.8 Å². The zero-order valence-corrected chi connectivity index (χ0v) is 12.0. The topological polar surface area (TPSA) is 53.2 Å². The molecule has 0 aliphatic heterocycles. The fourth-order valence-corrected chi connectivity index (χ4v) is 4.99. The summed E-state index contributed by atoms with van der Waals surface area (Å²) >= 11 is 0. The average molecular weight is 265 g/mol. The largest absolute Gasteiger partial charge is 0.337 e. The minimum absolute atomic E-state index is 0.0415. The summed E-state index contributed by atoms with van der Waals surface area (Å²) in [5, 5.41) is 9.52. The summed E-state index contributed by atoms with van der Waals surface area (Å²) in [4.78, 5) is 12.0. The molecule has 0 saturated heterocycles. The summed E-state index contributed by atoms with van der Waals surface area (Å²) in [6.07, 6.45) is 7.92. The third kappa shape index (κ3) is 2.88. The predicted octanol–water partition coefficient (Wildman–Crippen LogP) is 1.86. The number of carbonyl (C=O) groups excluding carboxylic acids is 1. The van der Waals surface area contributed by atoms with Crippen LogP contribution in [0.5, 0.6) is 0 Å². The predicted molar refractivity (Wildman–Crippen MR) is 76.0 cm³/mol. The van der Waals surface area contributed by atoms with Gasteiger partial charge in [-0.05, 0) is 62.8 Å². The monoisotopic (exact) mass is 265 g/mol. The lowest BCUT2D eigenvalue weighted by molar-refractivity contribution is -0.0135. The van der Waals surface area contributed by atoms with E-state index >= 15 is 0 Å². The molecule has 4 rings (SSSR count). The SMILES string of the molecule is CCNCCNC(=O)NC12CC3CC(CC(C3)C1)C2. The first-order valence-electron chi connectivity index (χ1n) is 7.96. The maximum atomic E-state index is 12.0. The Labute approximate surface area is 116 Å². The molecule has 0 aromatic carbocycles. The standard InChI is InChI=1S/C15H27N3O/c1-2-16-3-4-17-14(19)18-15-8-11-5-12(9-15)7-13(6-11)10-15/h11-13,16H,2-10H2,1H3,(H2,17,18,19). The molecule has 0 heterocycles. The normalized spacial score (nSPS) is 39.3. The van der Waals surface area contributed by atoms with E-state index in [9.17, 15) is 4.79 Å². The van der Waals surface area contributed by atoms with Crippen LogP contribution in [0.15, 0.2) is 0 Å². The van der Waals surface area contributed by atoms with Gasteiger partial charge in [-0.15, -0.1) is 0 Å². The minimum Gasteiger partial charge on any atom is -0.337 e. The Hall–Kier alpha value is -0.770. The van der Waals surface area contributed by atoms with E-state index in [2.05, 4.69) is 22.9 Å². The van der Waals surface area contributed by atoms with Crippen molar-refractivity contribution in [1.82, 2.24) is 16.0 Å². The van der Waals surface area contributed by atoms with Crippen LogP contribution in [-0.4, -0.2) is 31.2 Å². The van der Waals surface area contributed by atoms with Gasteiger partial charge in [-0.25, -0.2) is 4.79 Å². The summed E-state index contributed by atoms with van der Waals surface area (Å²) in [5.41, 5.74) is 0.136. The van der Waals surface area contributed by atoms with Crippen LogP contribution in [0.1, 0.15) is 45.4 Å². The summed E-state index contributed by atoms with van der Waals surface area (Å²) in [5.74, 6) is 2.65. The molecule has 0 unspecified atom stereocenters. The molecule has 0 aromatic rings. The summed E-state index contributed by atoms with van der Waals surface area (Å²) in [7, 11) is 0.